The van der Waals surface area contributed by atoms with E-state index in [1.807, 2.05) is 13.0 Å². The number of nitrogens with zero attached hydrogens (tertiary/aromatic N) is 2. The van der Waals surface area contributed by atoms with Crippen molar-refractivity contribution in [1.29, 1.82) is 0 Å². The number of rotatable bonds is 6. The zero-order valence-electron chi connectivity index (χ0n) is 18.0. The zero-order chi connectivity index (χ0) is 22.7. The van der Waals surface area contributed by atoms with E-state index >= 15 is 0 Å². The number of carbonyl (C=O) groups is 1. The first kappa shape index (κ1) is 22.0. The molecule has 2 aromatic carbocycles. The van der Waals surface area contributed by atoms with Crippen LogP contribution in [0.25, 0.3) is 5.69 Å². The fraction of sp³-hybridized carbons (Fsp3) is 0.261. The van der Waals surface area contributed by atoms with Crippen molar-refractivity contribution in [2.45, 2.75) is 26.8 Å². The number of aromatic nitrogens is 2. The number of benzene rings is 2. The van der Waals surface area contributed by atoms with Crippen molar-refractivity contribution < 1.29 is 18.7 Å². The molecule has 0 saturated heterocycles. The fourth-order valence-corrected chi connectivity index (χ4v) is 3.38. The molecule has 7 nitrogen and oxygen atoms in total. The van der Waals surface area contributed by atoms with E-state index in [0.29, 0.717) is 17.2 Å². The van der Waals surface area contributed by atoms with E-state index in [9.17, 15) is 14.0 Å². The first-order valence-corrected chi connectivity index (χ1v) is 9.66. The van der Waals surface area contributed by atoms with Gasteiger partial charge in [-0.2, -0.15) is 5.10 Å². The van der Waals surface area contributed by atoms with Gasteiger partial charge >= 0.3 is 0 Å². The SMILES string of the molecule is COc1cc(C)c(C(C)NC(=O)c2nn(-c3ccccc3F)c(C)cc2=O)cc1OC. The molecule has 1 amide bonds. The van der Waals surface area contributed by atoms with Crippen LogP contribution in [0.3, 0.4) is 0 Å². The van der Waals surface area contributed by atoms with E-state index in [1.54, 1.807) is 39.2 Å². The maximum absolute atomic E-state index is 14.2. The molecule has 162 valence electrons. The summed E-state index contributed by atoms with van der Waals surface area (Å²) in [6.45, 7) is 5.29. The van der Waals surface area contributed by atoms with Gasteiger partial charge in [0.2, 0.25) is 5.43 Å². The third-order valence-electron chi connectivity index (χ3n) is 4.99. The lowest BCUT2D eigenvalue weighted by molar-refractivity contribution is 0.0931. The lowest BCUT2D eigenvalue weighted by atomic mass is 10.0. The number of para-hydroxylation sites is 1. The van der Waals surface area contributed by atoms with Crippen LogP contribution in [-0.4, -0.2) is 29.9 Å². The standard InChI is InChI=1S/C23H24FN3O4/c1-13-10-20(30-4)21(31-5)12-16(13)15(3)25-23(29)22-19(28)11-14(2)27(26-22)18-9-7-6-8-17(18)24/h6-12,15H,1-5H3,(H,25,29). The average Bonchev–Trinajstić information content (AvgIpc) is 2.74. The predicted molar refractivity (Wildman–Crippen MR) is 115 cm³/mol. The summed E-state index contributed by atoms with van der Waals surface area (Å²) >= 11 is 0. The minimum Gasteiger partial charge on any atom is -0.493 e. The van der Waals surface area contributed by atoms with Gasteiger partial charge in [0.25, 0.3) is 5.91 Å². The predicted octanol–water partition coefficient (Wildman–Crippen LogP) is 3.50. The molecule has 1 heterocycles. The summed E-state index contributed by atoms with van der Waals surface area (Å²) in [5.74, 6) is -0.0611. The van der Waals surface area contributed by atoms with Crippen LogP contribution in [0.4, 0.5) is 4.39 Å². The third kappa shape index (κ3) is 4.42. The Morgan fingerprint density at radius 2 is 1.74 bits per heavy atom. The number of hydrogen-bond donors (Lipinski definition) is 1. The van der Waals surface area contributed by atoms with Gasteiger partial charge in [-0.1, -0.05) is 12.1 Å². The van der Waals surface area contributed by atoms with Crippen molar-refractivity contribution in [1.82, 2.24) is 15.1 Å². The number of nitrogens with one attached hydrogen (secondary N) is 1. The molecule has 0 spiro atoms. The van der Waals surface area contributed by atoms with Crippen LogP contribution < -0.4 is 20.2 Å². The summed E-state index contributed by atoms with van der Waals surface area (Å²) in [5.41, 5.74) is 1.38. The van der Waals surface area contributed by atoms with Gasteiger partial charge in [0.15, 0.2) is 17.2 Å². The number of hydrogen-bond acceptors (Lipinski definition) is 5. The first-order chi connectivity index (χ1) is 14.8. The van der Waals surface area contributed by atoms with Gasteiger partial charge in [-0.05, 0) is 56.2 Å². The summed E-state index contributed by atoms with van der Waals surface area (Å²) in [6.07, 6.45) is 0. The molecule has 0 aliphatic carbocycles. The Balaban J connectivity index is 1.95. The van der Waals surface area contributed by atoms with Gasteiger partial charge in [0.05, 0.1) is 20.3 Å². The Morgan fingerprint density at radius 3 is 2.39 bits per heavy atom. The third-order valence-corrected chi connectivity index (χ3v) is 4.99. The molecule has 0 fully saturated rings. The van der Waals surface area contributed by atoms with Gasteiger partial charge in [-0.3, -0.25) is 9.59 Å². The van der Waals surface area contributed by atoms with E-state index in [-0.39, 0.29) is 11.4 Å². The molecule has 0 aliphatic heterocycles. The van der Waals surface area contributed by atoms with Crippen LogP contribution in [0.5, 0.6) is 11.5 Å². The highest BCUT2D eigenvalue weighted by Gasteiger charge is 2.21. The Bertz CT molecular complexity index is 1190. The molecule has 0 radical (unpaired) electrons. The van der Waals surface area contributed by atoms with E-state index in [1.165, 1.54) is 30.0 Å². The van der Waals surface area contributed by atoms with Gasteiger partial charge < -0.3 is 14.8 Å². The van der Waals surface area contributed by atoms with Crippen molar-refractivity contribution in [2.24, 2.45) is 0 Å². The van der Waals surface area contributed by atoms with Crippen LogP contribution in [-0.2, 0) is 0 Å². The zero-order valence-corrected chi connectivity index (χ0v) is 18.0. The minimum absolute atomic E-state index is 0.151. The van der Waals surface area contributed by atoms with Crippen molar-refractivity contribution >= 4 is 5.91 Å². The molecule has 0 aliphatic rings. The number of aryl methyl sites for hydroxylation is 2. The Morgan fingerprint density at radius 1 is 1.10 bits per heavy atom. The smallest absolute Gasteiger partial charge is 0.276 e. The van der Waals surface area contributed by atoms with E-state index in [0.717, 1.165) is 11.1 Å². The second-order valence-corrected chi connectivity index (χ2v) is 7.12. The van der Waals surface area contributed by atoms with E-state index in [4.69, 9.17) is 9.47 Å². The Labute approximate surface area is 179 Å². The van der Waals surface area contributed by atoms with Gasteiger partial charge in [0, 0.05) is 11.8 Å². The van der Waals surface area contributed by atoms with Gasteiger partial charge in [-0.25, -0.2) is 9.07 Å². The monoisotopic (exact) mass is 425 g/mol. The molecule has 3 aromatic rings. The topological polar surface area (TPSA) is 82.5 Å². The molecule has 3 rings (SSSR count). The van der Waals surface area contributed by atoms with Crippen molar-refractivity contribution in [3.8, 4) is 17.2 Å². The van der Waals surface area contributed by atoms with Crippen LogP contribution in [0.1, 0.15) is 40.3 Å². The van der Waals surface area contributed by atoms with Crippen LogP contribution >= 0.6 is 0 Å². The van der Waals surface area contributed by atoms with E-state index in [2.05, 4.69) is 10.4 Å². The molecular formula is C23H24FN3O4. The maximum atomic E-state index is 14.2. The highest BCUT2D eigenvalue weighted by molar-refractivity contribution is 5.92. The number of carbonyl (C=O) groups excluding carboxylic acids is 1. The molecule has 0 saturated carbocycles. The highest BCUT2D eigenvalue weighted by atomic mass is 19.1. The molecule has 1 N–H and O–H groups in total. The van der Waals surface area contributed by atoms with Crippen molar-refractivity contribution in [3.05, 3.63) is 81.0 Å². The Hall–Kier alpha value is -3.68. The second-order valence-electron chi connectivity index (χ2n) is 7.12. The second kappa shape index (κ2) is 8.99. The van der Waals surface area contributed by atoms with Gasteiger partial charge in [0.1, 0.15) is 11.5 Å². The number of amides is 1. The maximum Gasteiger partial charge on any atom is 0.276 e. The number of ether oxygens (including phenoxy) is 2. The van der Waals surface area contributed by atoms with Gasteiger partial charge in [-0.15, -0.1) is 0 Å². The summed E-state index contributed by atoms with van der Waals surface area (Å²) in [4.78, 5) is 25.3. The molecule has 1 atom stereocenters. The van der Waals surface area contributed by atoms with Crippen LogP contribution in [0.15, 0.2) is 47.3 Å². The lowest BCUT2D eigenvalue weighted by Crippen LogP contribution is -2.34. The fourth-order valence-electron chi connectivity index (χ4n) is 3.38. The first-order valence-electron chi connectivity index (χ1n) is 9.66. The average molecular weight is 425 g/mol. The Kier molecular flexibility index (Phi) is 6.39. The van der Waals surface area contributed by atoms with Crippen LogP contribution in [0.2, 0.25) is 0 Å². The highest BCUT2D eigenvalue weighted by Crippen LogP contribution is 2.32. The quantitative estimate of drug-likeness (QED) is 0.654. The number of halogens is 1. The summed E-state index contributed by atoms with van der Waals surface area (Å²) in [6, 6.07) is 10.4. The molecular weight excluding hydrogens is 401 g/mol. The summed E-state index contributed by atoms with van der Waals surface area (Å²) in [5, 5.41) is 6.93. The minimum atomic E-state index is -0.656. The summed E-state index contributed by atoms with van der Waals surface area (Å²) < 4.78 is 26.1. The molecule has 1 unspecified atom stereocenters. The normalized spacial score (nSPS) is 11.7. The number of methoxy groups -OCH3 is 2. The van der Waals surface area contributed by atoms with Crippen molar-refractivity contribution in [3.63, 3.8) is 0 Å². The summed E-state index contributed by atoms with van der Waals surface area (Å²) in [7, 11) is 3.08. The van der Waals surface area contributed by atoms with E-state index < -0.39 is 23.2 Å². The van der Waals surface area contributed by atoms with Crippen molar-refractivity contribution in [2.75, 3.05) is 14.2 Å². The molecule has 1 aromatic heterocycles. The molecule has 0 bridgehead atoms. The lowest BCUT2D eigenvalue weighted by Gasteiger charge is -2.19. The van der Waals surface area contributed by atoms with Crippen LogP contribution in [0, 0.1) is 19.7 Å². The largest absolute Gasteiger partial charge is 0.493 e. The molecule has 8 heteroatoms. The molecule has 31 heavy (non-hydrogen) atoms.